The Balaban J connectivity index is 1.79. The van der Waals surface area contributed by atoms with Gasteiger partial charge in [0, 0.05) is 6.54 Å². The lowest BCUT2D eigenvalue weighted by Gasteiger charge is -2.24. The highest BCUT2D eigenvalue weighted by Crippen LogP contribution is 2.26. The molecular formula is C15H22N2O2. The van der Waals surface area contributed by atoms with E-state index in [-0.39, 0.29) is 11.8 Å². The molecule has 1 heterocycles. The molecule has 0 aliphatic carbocycles. The molecule has 1 aromatic carbocycles. The van der Waals surface area contributed by atoms with Crippen LogP contribution >= 0.6 is 0 Å². The van der Waals surface area contributed by atoms with Gasteiger partial charge in [-0.25, -0.2) is 0 Å². The first kappa shape index (κ1) is 13.9. The molecule has 0 saturated heterocycles. The Labute approximate surface area is 114 Å². The Hall–Kier alpha value is -1.55. The summed E-state index contributed by atoms with van der Waals surface area (Å²) in [7, 11) is 4.07. The highest BCUT2D eigenvalue weighted by atomic mass is 16.5. The number of amides is 1. The van der Waals surface area contributed by atoms with Gasteiger partial charge in [-0.2, -0.15) is 0 Å². The summed E-state index contributed by atoms with van der Waals surface area (Å²) in [5.41, 5.74) is 1.13. The number of carbonyl (C=O) groups is 1. The van der Waals surface area contributed by atoms with Crippen LogP contribution in [-0.4, -0.2) is 44.6 Å². The SMILES string of the molecule is CN(C)CCCNC(=O)C1COc2ccccc2C1. The van der Waals surface area contributed by atoms with Crippen molar-refractivity contribution in [1.29, 1.82) is 0 Å². The van der Waals surface area contributed by atoms with Gasteiger partial charge in [-0.3, -0.25) is 4.79 Å². The van der Waals surface area contributed by atoms with E-state index in [0.29, 0.717) is 6.61 Å². The Kier molecular flexibility index (Phi) is 4.80. The zero-order chi connectivity index (χ0) is 13.7. The molecule has 2 rings (SSSR count). The maximum Gasteiger partial charge on any atom is 0.226 e. The number of benzene rings is 1. The number of nitrogens with one attached hydrogen (secondary N) is 1. The maximum atomic E-state index is 12.0. The van der Waals surface area contributed by atoms with Gasteiger partial charge in [-0.15, -0.1) is 0 Å². The second kappa shape index (κ2) is 6.57. The summed E-state index contributed by atoms with van der Waals surface area (Å²) >= 11 is 0. The van der Waals surface area contributed by atoms with Crippen LogP contribution in [0.5, 0.6) is 5.75 Å². The van der Waals surface area contributed by atoms with Crippen LogP contribution in [0.25, 0.3) is 0 Å². The van der Waals surface area contributed by atoms with Crippen LogP contribution in [-0.2, 0) is 11.2 Å². The lowest BCUT2D eigenvalue weighted by Crippen LogP contribution is -2.38. The Morgan fingerprint density at radius 1 is 1.42 bits per heavy atom. The normalized spacial score (nSPS) is 17.7. The van der Waals surface area contributed by atoms with E-state index in [9.17, 15) is 4.79 Å². The Morgan fingerprint density at radius 3 is 3.00 bits per heavy atom. The minimum absolute atomic E-state index is 0.0609. The minimum Gasteiger partial charge on any atom is -0.492 e. The summed E-state index contributed by atoms with van der Waals surface area (Å²) in [5, 5.41) is 2.99. The minimum atomic E-state index is -0.0609. The van der Waals surface area contributed by atoms with Crippen LogP contribution in [0.3, 0.4) is 0 Å². The smallest absolute Gasteiger partial charge is 0.226 e. The molecule has 1 N–H and O–H groups in total. The number of hydrogen-bond acceptors (Lipinski definition) is 3. The van der Waals surface area contributed by atoms with Gasteiger partial charge in [0.2, 0.25) is 5.91 Å². The summed E-state index contributed by atoms with van der Waals surface area (Å²) < 4.78 is 5.63. The molecule has 104 valence electrons. The van der Waals surface area contributed by atoms with Gasteiger partial charge in [-0.05, 0) is 45.1 Å². The molecule has 4 nitrogen and oxygen atoms in total. The second-order valence-electron chi connectivity index (χ2n) is 5.27. The average Bonchev–Trinajstić information content (AvgIpc) is 2.42. The molecule has 0 spiro atoms. The van der Waals surface area contributed by atoms with E-state index in [4.69, 9.17) is 4.74 Å². The fourth-order valence-corrected chi connectivity index (χ4v) is 2.25. The van der Waals surface area contributed by atoms with Crippen LogP contribution in [0.15, 0.2) is 24.3 Å². The predicted octanol–water partition coefficient (Wildman–Crippen LogP) is 1.31. The first-order chi connectivity index (χ1) is 9.16. The Morgan fingerprint density at radius 2 is 2.21 bits per heavy atom. The molecule has 4 heteroatoms. The van der Waals surface area contributed by atoms with Crippen molar-refractivity contribution in [3.05, 3.63) is 29.8 Å². The molecule has 1 unspecified atom stereocenters. The highest BCUT2D eigenvalue weighted by molar-refractivity contribution is 5.79. The fourth-order valence-electron chi connectivity index (χ4n) is 2.25. The largest absolute Gasteiger partial charge is 0.492 e. The molecule has 1 aliphatic rings. The van der Waals surface area contributed by atoms with E-state index < -0.39 is 0 Å². The number of fused-ring (bicyclic) bond motifs is 1. The van der Waals surface area contributed by atoms with Gasteiger partial charge in [0.25, 0.3) is 0 Å². The molecule has 1 aromatic rings. The van der Waals surface area contributed by atoms with Crippen molar-refractivity contribution in [1.82, 2.24) is 10.2 Å². The van der Waals surface area contributed by atoms with Gasteiger partial charge in [0.1, 0.15) is 12.4 Å². The molecular weight excluding hydrogens is 240 g/mol. The fraction of sp³-hybridized carbons (Fsp3) is 0.533. The third-order valence-electron chi connectivity index (χ3n) is 3.33. The molecule has 0 aromatic heterocycles. The molecule has 0 bridgehead atoms. The van der Waals surface area contributed by atoms with E-state index in [1.807, 2.05) is 38.4 Å². The van der Waals surface area contributed by atoms with Crippen molar-refractivity contribution in [3.8, 4) is 5.75 Å². The maximum absolute atomic E-state index is 12.0. The first-order valence-electron chi connectivity index (χ1n) is 6.80. The zero-order valence-corrected chi connectivity index (χ0v) is 11.7. The summed E-state index contributed by atoms with van der Waals surface area (Å²) in [6, 6.07) is 7.93. The quantitative estimate of drug-likeness (QED) is 0.813. The summed E-state index contributed by atoms with van der Waals surface area (Å²) in [6.45, 7) is 2.20. The van der Waals surface area contributed by atoms with E-state index in [2.05, 4.69) is 10.2 Å². The molecule has 1 atom stereocenters. The number of para-hydroxylation sites is 1. The van der Waals surface area contributed by atoms with Gasteiger partial charge in [0.15, 0.2) is 0 Å². The van der Waals surface area contributed by atoms with Crippen molar-refractivity contribution < 1.29 is 9.53 Å². The topological polar surface area (TPSA) is 41.6 Å². The molecule has 0 fully saturated rings. The van der Waals surface area contributed by atoms with Gasteiger partial charge < -0.3 is 15.0 Å². The standard InChI is InChI=1S/C15H22N2O2/c1-17(2)9-5-8-16-15(18)13-10-12-6-3-4-7-14(12)19-11-13/h3-4,6-7,13H,5,8-11H2,1-2H3,(H,16,18). The second-order valence-corrected chi connectivity index (χ2v) is 5.27. The molecule has 1 amide bonds. The van der Waals surface area contributed by atoms with E-state index in [1.165, 1.54) is 0 Å². The number of hydrogen-bond donors (Lipinski definition) is 1. The molecule has 19 heavy (non-hydrogen) atoms. The van der Waals surface area contributed by atoms with Crippen molar-refractivity contribution >= 4 is 5.91 Å². The van der Waals surface area contributed by atoms with Crippen molar-refractivity contribution in [2.75, 3.05) is 33.8 Å². The summed E-state index contributed by atoms with van der Waals surface area (Å²) in [4.78, 5) is 14.2. The van der Waals surface area contributed by atoms with E-state index >= 15 is 0 Å². The summed E-state index contributed by atoms with van der Waals surface area (Å²) in [6.07, 6.45) is 1.75. The Bertz CT molecular complexity index is 432. The number of carbonyl (C=O) groups excluding carboxylic acids is 1. The molecule has 0 saturated carbocycles. The van der Waals surface area contributed by atoms with E-state index in [0.717, 1.165) is 37.2 Å². The third kappa shape index (κ3) is 3.96. The van der Waals surface area contributed by atoms with E-state index in [1.54, 1.807) is 0 Å². The zero-order valence-electron chi connectivity index (χ0n) is 11.7. The lowest BCUT2D eigenvalue weighted by atomic mass is 9.96. The summed E-state index contributed by atoms with van der Waals surface area (Å²) in [5.74, 6) is 0.960. The predicted molar refractivity (Wildman–Crippen MR) is 75.3 cm³/mol. The molecule has 1 aliphatic heterocycles. The van der Waals surface area contributed by atoms with Crippen LogP contribution in [0.2, 0.25) is 0 Å². The number of rotatable bonds is 5. The van der Waals surface area contributed by atoms with Gasteiger partial charge in [-0.1, -0.05) is 18.2 Å². The first-order valence-corrected chi connectivity index (χ1v) is 6.80. The highest BCUT2D eigenvalue weighted by Gasteiger charge is 2.25. The number of ether oxygens (including phenoxy) is 1. The van der Waals surface area contributed by atoms with Crippen LogP contribution in [0.4, 0.5) is 0 Å². The van der Waals surface area contributed by atoms with Gasteiger partial charge >= 0.3 is 0 Å². The molecule has 0 radical (unpaired) electrons. The van der Waals surface area contributed by atoms with Gasteiger partial charge in [0.05, 0.1) is 5.92 Å². The average molecular weight is 262 g/mol. The van der Waals surface area contributed by atoms with Crippen LogP contribution in [0.1, 0.15) is 12.0 Å². The van der Waals surface area contributed by atoms with Crippen molar-refractivity contribution in [2.45, 2.75) is 12.8 Å². The van der Waals surface area contributed by atoms with Crippen molar-refractivity contribution in [3.63, 3.8) is 0 Å². The number of nitrogens with zero attached hydrogens (tertiary/aromatic N) is 1. The lowest BCUT2D eigenvalue weighted by molar-refractivity contribution is -0.126. The van der Waals surface area contributed by atoms with Crippen LogP contribution in [0, 0.1) is 5.92 Å². The third-order valence-corrected chi connectivity index (χ3v) is 3.33. The monoisotopic (exact) mass is 262 g/mol. The van der Waals surface area contributed by atoms with Crippen molar-refractivity contribution in [2.24, 2.45) is 5.92 Å². The van der Waals surface area contributed by atoms with Crippen LogP contribution < -0.4 is 10.1 Å².